The van der Waals surface area contributed by atoms with Crippen LogP contribution in [0.2, 0.25) is 0 Å². The van der Waals surface area contributed by atoms with Gasteiger partial charge in [0.2, 0.25) is 0 Å². The molecule has 0 unspecified atom stereocenters. The van der Waals surface area contributed by atoms with Crippen LogP contribution in [-0.4, -0.2) is 262 Å². The molecule has 0 N–H and O–H groups in total. The van der Waals surface area contributed by atoms with Gasteiger partial charge in [-0.25, -0.2) is 0 Å². The van der Waals surface area contributed by atoms with Gasteiger partial charge in [0.1, 0.15) is 0 Å². The van der Waals surface area contributed by atoms with Crippen molar-refractivity contribution in [3.63, 3.8) is 0 Å². The van der Waals surface area contributed by atoms with E-state index < -0.39 is 28.0 Å². The Morgan fingerprint density at radius 2 is 0.500 bits per heavy atom. The van der Waals surface area contributed by atoms with Gasteiger partial charge in [-0.1, -0.05) is 0 Å². The van der Waals surface area contributed by atoms with Gasteiger partial charge in [-0.05, 0) is 12.3 Å². The van der Waals surface area contributed by atoms with Crippen molar-refractivity contribution in [1.29, 1.82) is 0 Å². The molecule has 0 saturated heterocycles. The molecule has 0 saturated carbocycles. The van der Waals surface area contributed by atoms with Gasteiger partial charge >= 0.3 is 250 Å². The number of carboxylic acid groups (broad SMARTS) is 4. The number of rotatable bonds is 0. The van der Waals surface area contributed by atoms with Crippen LogP contribution < -0.4 is 59.2 Å². The smallest absolute Gasteiger partial charge is 1.00 e. The summed E-state index contributed by atoms with van der Waals surface area (Å²) in [6, 6.07) is 0. The molecule has 0 heterocycles. The summed E-state index contributed by atoms with van der Waals surface area (Å²) in [5.74, 6) is 0. The number of phosphoric acid groups is 2. The van der Waals surface area contributed by atoms with E-state index in [0.29, 0.717) is 0 Å². The van der Waals surface area contributed by atoms with Crippen molar-refractivity contribution in [3.05, 3.63) is 0 Å². The van der Waals surface area contributed by atoms with Gasteiger partial charge in [0.25, 0.3) is 0 Å². The molecule has 0 spiro atoms. The molecule has 0 aliphatic carbocycles. The van der Waals surface area contributed by atoms with E-state index in [1.54, 1.807) is 0 Å². The molecule has 0 atom stereocenters. The Bertz CT molecular complexity index is 285. The molecule has 0 bridgehead atoms. The van der Waals surface area contributed by atoms with Crippen molar-refractivity contribution < 1.29 is 77.9 Å². The van der Waals surface area contributed by atoms with Gasteiger partial charge in [-0.2, -0.15) is 15.6 Å². The van der Waals surface area contributed by atoms with Crippen LogP contribution in [0.1, 0.15) is 0 Å². The Morgan fingerprint density at radius 3 is 0.500 bits per heavy atom. The third-order valence-corrected chi connectivity index (χ3v) is 0. The van der Waals surface area contributed by atoms with Crippen LogP contribution in [0.25, 0.3) is 0 Å². The number of carbonyl (C=O) groups is 2. The summed E-state index contributed by atoms with van der Waals surface area (Å²) in [4.78, 5) is 68.0. The number of halogens is 2. The minimum Gasteiger partial charge on any atom is -1.00 e. The van der Waals surface area contributed by atoms with E-state index in [9.17, 15) is 0 Å². The maximum Gasteiger partial charge on any atom is 2.00 e. The Labute approximate surface area is 345 Å². The quantitative estimate of drug-likeness (QED) is 0.165. The standard InChI is InChI=1S/2CH2O3.3Ca.2FH.2H3O4P.3Sr/c2*2-1(3)4;;;;;;2*1-5(2,3)4;;;/h2*(H2,2,3,4);;;;2*1H;2*(H3,1,2,3,4);;;/q;;3*+2;;;;;3*+2/p-12. The predicted molar refractivity (Wildman–Crippen MR) is 60.5 cm³/mol. The van der Waals surface area contributed by atoms with Crippen LogP contribution in [0, 0.1) is 0 Å². The summed E-state index contributed by atoms with van der Waals surface area (Å²) in [6.45, 7) is 0. The monoisotopic (exact) mass is 731 g/mol. The van der Waals surface area contributed by atoms with Crippen molar-refractivity contribution in [2.24, 2.45) is 0 Å². The molecule has 0 amide bonds. The van der Waals surface area contributed by atoms with E-state index in [1.807, 2.05) is 0 Å². The van der Waals surface area contributed by atoms with Gasteiger partial charge in [0.15, 0.2) is 0 Å². The van der Waals surface area contributed by atoms with Crippen molar-refractivity contribution in [2.45, 2.75) is 0 Å². The summed E-state index contributed by atoms with van der Waals surface area (Å²) in [7, 11) is -10.8. The zero-order valence-corrected chi connectivity index (χ0v) is 31.5. The Kier molecular flexibility index (Phi) is 145. The van der Waals surface area contributed by atoms with Crippen molar-refractivity contribution in [3.8, 4) is 0 Å². The third-order valence-electron chi connectivity index (χ3n) is 0. The first kappa shape index (κ1) is 76.7. The van der Waals surface area contributed by atoms with Gasteiger partial charge in [-0.3, -0.25) is 0 Å². The van der Waals surface area contributed by atoms with Gasteiger partial charge in [-0.15, -0.1) is 0 Å². The van der Waals surface area contributed by atoms with Crippen LogP contribution in [-0.2, 0) is 9.13 Å². The van der Waals surface area contributed by atoms with Gasteiger partial charge in [0, 0.05) is 0 Å². The molecule has 14 nitrogen and oxygen atoms in total. The number of hydrogen-bond acceptors (Lipinski definition) is 14. The maximum absolute atomic E-state index is 8.55. The summed E-state index contributed by atoms with van der Waals surface area (Å²) in [6.07, 6.45) is -4.67. The number of hydrogen-bond donors (Lipinski definition) is 0. The Balaban J connectivity index is -0.00000000915. The molecule has 128 valence electrons. The third kappa shape index (κ3) is 587. The van der Waals surface area contributed by atoms with Gasteiger partial charge < -0.3 is 77.9 Å². The Morgan fingerprint density at radius 1 is 0.500 bits per heavy atom. The van der Waals surface area contributed by atoms with Crippen LogP contribution in [0.15, 0.2) is 0 Å². The molecule has 0 fully saturated rings. The van der Waals surface area contributed by atoms with Crippen molar-refractivity contribution in [1.82, 2.24) is 0 Å². The second kappa shape index (κ2) is 49.1. The van der Waals surface area contributed by atoms with Crippen molar-refractivity contribution in [2.75, 3.05) is 0 Å². The topological polar surface area (TPSA) is 299 Å². The summed E-state index contributed by atoms with van der Waals surface area (Å²) < 4.78 is 17.1. The summed E-state index contributed by atoms with van der Waals surface area (Å²) in [5.41, 5.74) is 0. The van der Waals surface area contributed by atoms with Crippen LogP contribution >= 0.6 is 15.6 Å². The fourth-order valence-corrected chi connectivity index (χ4v) is 0. The van der Waals surface area contributed by atoms with E-state index in [0.717, 1.165) is 0 Å². The zero-order chi connectivity index (χ0) is 16.2. The van der Waals surface area contributed by atoms with Crippen LogP contribution in [0.4, 0.5) is 9.59 Å². The zero-order valence-electron chi connectivity index (χ0n) is 12.6. The average molecular weight is 731 g/mol. The summed E-state index contributed by atoms with van der Waals surface area (Å²) >= 11 is 0. The molecule has 26 heavy (non-hydrogen) atoms. The first-order valence-corrected chi connectivity index (χ1v) is 5.61. The molecule has 0 rings (SSSR count). The molecule has 0 aromatic carbocycles. The second-order valence-corrected chi connectivity index (χ2v) is 3.18. The first-order chi connectivity index (χ1) is 7.46. The van der Waals surface area contributed by atoms with E-state index in [1.165, 1.54) is 0 Å². The largest absolute Gasteiger partial charge is 2.00 e. The Hall–Kier alpha value is 6.84. The molecule has 0 radical (unpaired) electrons. The fraction of sp³-hybridized carbons (Fsp3) is 0. The van der Waals surface area contributed by atoms with Gasteiger partial charge in [0.05, 0.1) is 0 Å². The van der Waals surface area contributed by atoms with Crippen molar-refractivity contribution >= 4 is 278 Å². The number of carbonyl (C=O) groups excluding carboxylic acids is 2. The van der Waals surface area contributed by atoms with E-state index in [-0.39, 0.29) is 259 Å². The molecular weight excluding hydrogens is 731 g/mol. The van der Waals surface area contributed by atoms with Crippen LogP contribution in [0.3, 0.4) is 0 Å². The van der Waals surface area contributed by atoms with E-state index in [2.05, 4.69) is 0 Å². The maximum atomic E-state index is 8.55. The molecule has 24 heteroatoms. The van der Waals surface area contributed by atoms with E-state index >= 15 is 0 Å². The van der Waals surface area contributed by atoms with Crippen LogP contribution in [0.5, 0.6) is 0 Å². The average Bonchev–Trinajstić information content (AvgIpc) is 1.70. The second-order valence-electron chi connectivity index (χ2n) is 1.39. The molecule has 0 aromatic heterocycles. The summed E-state index contributed by atoms with van der Waals surface area (Å²) in [5, 5.41) is 33.3. The minimum absolute atomic E-state index is 0. The SMILES string of the molecule is O=C([O-])[O-].O=C([O-])[O-].O=P([O-])([O-])[O-].O=P([O-])([O-])[O-].[Ca+2].[Ca+2].[Ca+2].[F-].[F-].[Sr+2].[Sr+2].[Sr+2]. The fourth-order valence-electron chi connectivity index (χ4n) is 0. The van der Waals surface area contributed by atoms with E-state index in [4.69, 9.17) is 68.5 Å². The molecule has 0 aliphatic heterocycles. The predicted octanol–water partition coefficient (Wildman–Crippen LogP) is -18.8. The minimum atomic E-state index is -5.39. The molecule has 0 aliphatic rings. The first-order valence-electron chi connectivity index (χ1n) is 2.69. The normalized spacial score (nSPS) is 6.38. The molecular formula is C2Ca3F2O14P2Sr3. The molecule has 0 aromatic rings.